The van der Waals surface area contributed by atoms with Crippen molar-refractivity contribution < 1.29 is 18.3 Å². The van der Waals surface area contributed by atoms with E-state index in [9.17, 15) is 13.6 Å². The predicted octanol–water partition coefficient (Wildman–Crippen LogP) is 5.35. The van der Waals surface area contributed by atoms with Crippen LogP contribution in [0.2, 0.25) is 0 Å². The lowest BCUT2D eigenvalue weighted by atomic mass is 9.48. The molecule has 5 rings (SSSR count). The Morgan fingerprint density at radius 1 is 1.24 bits per heavy atom. The van der Waals surface area contributed by atoms with E-state index >= 15 is 0 Å². The molecule has 4 saturated carbocycles. The molecule has 1 amide bonds. The summed E-state index contributed by atoms with van der Waals surface area (Å²) in [7, 11) is 0. The molecule has 0 aliphatic heterocycles. The lowest BCUT2D eigenvalue weighted by Crippen LogP contribution is -2.53. The van der Waals surface area contributed by atoms with E-state index in [4.69, 9.17) is 0 Å². The number of nitrogens with one attached hydrogen (secondary N) is 1. The SMILES string of the molecule is O=C(CC12C[C@H]3C[C@@H](CC(Br)(C3)C1)C2)Nc1ccccc1OC(F)F. The van der Waals surface area contributed by atoms with Gasteiger partial charge in [0, 0.05) is 10.7 Å². The first-order valence-corrected chi connectivity index (χ1v) is 9.67. The van der Waals surface area contributed by atoms with Gasteiger partial charge in [0.25, 0.3) is 0 Å². The van der Waals surface area contributed by atoms with Crippen LogP contribution in [0.15, 0.2) is 24.3 Å². The van der Waals surface area contributed by atoms with Gasteiger partial charge < -0.3 is 10.1 Å². The highest BCUT2D eigenvalue weighted by Gasteiger charge is 2.57. The summed E-state index contributed by atoms with van der Waals surface area (Å²) in [6.45, 7) is -2.91. The van der Waals surface area contributed by atoms with E-state index in [0.29, 0.717) is 23.9 Å². The Balaban J connectivity index is 1.47. The van der Waals surface area contributed by atoms with Gasteiger partial charge in [0.2, 0.25) is 5.91 Å². The van der Waals surface area contributed by atoms with Gasteiger partial charge in [-0.3, -0.25) is 4.79 Å². The van der Waals surface area contributed by atoms with Gasteiger partial charge in [-0.25, -0.2) is 0 Å². The fourth-order valence-electron chi connectivity index (χ4n) is 5.85. The van der Waals surface area contributed by atoms with Crippen LogP contribution in [-0.2, 0) is 4.79 Å². The summed E-state index contributed by atoms with van der Waals surface area (Å²) in [5.41, 5.74) is 0.363. The maximum absolute atomic E-state index is 12.7. The Labute approximate surface area is 154 Å². The van der Waals surface area contributed by atoms with Crippen LogP contribution in [-0.4, -0.2) is 16.8 Å². The van der Waals surface area contributed by atoms with Gasteiger partial charge >= 0.3 is 6.61 Å². The van der Waals surface area contributed by atoms with Crippen LogP contribution in [0.1, 0.15) is 44.9 Å². The number of para-hydroxylation sites is 2. The second-order valence-electron chi connectivity index (χ2n) is 8.21. The fourth-order valence-corrected chi connectivity index (χ4v) is 7.36. The number of carbonyl (C=O) groups excluding carboxylic acids is 1. The number of anilines is 1. The molecule has 3 nitrogen and oxygen atoms in total. The summed E-state index contributed by atoms with van der Waals surface area (Å²) in [5, 5.41) is 2.79. The molecular formula is C19H22BrF2NO2. The zero-order chi connectivity index (χ0) is 17.7. The fraction of sp³-hybridized carbons (Fsp3) is 0.632. The third kappa shape index (κ3) is 3.55. The number of hydrogen-bond acceptors (Lipinski definition) is 2. The van der Waals surface area contributed by atoms with Gasteiger partial charge in [-0.1, -0.05) is 28.1 Å². The largest absolute Gasteiger partial charge is 0.433 e. The van der Waals surface area contributed by atoms with E-state index in [1.807, 2.05) is 0 Å². The second-order valence-corrected chi connectivity index (χ2v) is 9.89. The molecule has 1 aromatic rings. The molecule has 2 atom stereocenters. The number of rotatable bonds is 5. The number of benzene rings is 1. The second kappa shape index (κ2) is 6.22. The summed E-state index contributed by atoms with van der Waals surface area (Å²) in [6, 6.07) is 6.36. The average molecular weight is 414 g/mol. The first-order chi connectivity index (χ1) is 11.8. The molecule has 4 fully saturated rings. The summed E-state index contributed by atoms with van der Waals surface area (Å²) in [5.74, 6) is 1.32. The molecule has 0 unspecified atom stereocenters. The van der Waals surface area contributed by atoms with Crippen molar-refractivity contribution in [3.05, 3.63) is 24.3 Å². The van der Waals surface area contributed by atoms with Gasteiger partial charge in [0.15, 0.2) is 0 Å². The molecule has 1 aromatic carbocycles. The van der Waals surface area contributed by atoms with E-state index in [0.717, 1.165) is 19.3 Å². The van der Waals surface area contributed by atoms with E-state index < -0.39 is 6.61 Å². The Hall–Kier alpha value is -1.17. The lowest BCUT2D eigenvalue weighted by molar-refractivity contribution is -0.123. The zero-order valence-corrected chi connectivity index (χ0v) is 15.5. The minimum Gasteiger partial charge on any atom is -0.433 e. The predicted molar refractivity (Wildman–Crippen MR) is 95.1 cm³/mol. The van der Waals surface area contributed by atoms with Crippen molar-refractivity contribution in [1.82, 2.24) is 0 Å². The van der Waals surface area contributed by atoms with Crippen LogP contribution < -0.4 is 10.1 Å². The summed E-state index contributed by atoms with van der Waals surface area (Å²) in [4.78, 5) is 12.7. The Morgan fingerprint density at radius 3 is 2.56 bits per heavy atom. The van der Waals surface area contributed by atoms with Crippen LogP contribution in [0, 0.1) is 17.3 Å². The molecule has 0 spiro atoms. The maximum atomic E-state index is 12.7. The average Bonchev–Trinajstić information content (AvgIpc) is 2.45. The highest BCUT2D eigenvalue weighted by molar-refractivity contribution is 9.10. The quantitative estimate of drug-likeness (QED) is 0.660. The number of alkyl halides is 3. The number of hydrogen-bond donors (Lipinski definition) is 1. The van der Waals surface area contributed by atoms with Crippen molar-refractivity contribution in [3.63, 3.8) is 0 Å². The number of carbonyl (C=O) groups is 1. The normalized spacial score (nSPS) is 35.8. The van der Waals surface area contributed by atoms with Crippen molar-refractivity contribution in [2.24, 2.45) is 17.3 Å². The Bertz CT molecular complexity index is 667. The van der Waals surface area contributed by atoms with Gasteiger partial charge in [0.05, 0.1) is 5.69 Å². The van der Waals surface area contributed by atoms with Crippen LogP contribution >= 0.6 is 15.9 Å². The van der Waals surface area contributed by atoms with Crippen molar-refractivity contribution in [1.29, 1.82) is 0 Å². The summed E-state index contributed by atoms with van der Waals surface area (Å²) < 4.78 is 29.8. The molecule has 0 radical (unpaired) electrons. The van der Waals surface area contributed by atoms with E-state index in [1.54, 1.807) is 18.2 Å². The molecule has 4 aliphatic carbocycles. The van der Waals surface area contributed by atoms with Crippen molar-refractivity contribution in [2.45, 2.75) is 55.9 Å². The van der Waals surface area contributed by atoms with Crippen molar-refractivity contribution >= 4 is 27.5 Å². The topological polar surface area (TPSA) is 38.3 Å². The first-order valence-electron chi connectivity index (χ1n) is 8.87. The Morgan fingerprint density at radius 2 is 1.92 bits per heavy atom. The minimum absolute atomic E-state index is 0.00771. The van der Waals surface area contributed by atoms with Crippen LogP contribution in [0.3, 0.4) is 0 Å². The molecule has 0 aromatic heterocycles. The van der Waals surface area contributed by atoms with Gasteiger partial charge in [0.1, 0.15) is 5.75 Å². The number of amides is 1. The summed E-state index contributed by atoms with van der Waals surface area (Å²) in [6.07, 6.45) is 7.45. The standard InChI is InChI=1S/C19H22BrF2NO2/c20-19-8-12-5-13(9-19)7-18(6-12,11-19)10-16(24)23-14-3-1-2-4-15(14)25-17(21)22/h1-4,12-13,17H,5-11H2,(H,23,24)/t12-,13-,18?,19?/m1/s1. The van der Waals surface area contributed by atoms with Gasteiger partial charge in [-0.15, -0.1) is 0 Å². The first kappa shape index (κ1) is 17.3. The zero-order valence-electron chi connectivity index (χ0n) is 13.9. The van der Waals surface area contributed by atoms with E-state index in [1.165, 1.54) is 25.3 Å². The molecule has 136 valence electrons. The lowest BCUT2D eigenvalue weighted by Gasteiger charge is -2.60. The molecule has 1 N–H and O–H groups in total. The van der Waals surface area contributed by atoms with Crippen LogP contribution in [0.4, 0.5) is 14.5 Å². The minimum atomic E-state index is -2.91. The summed E-state index contributed by atoms with van der Waals surface area (Å²) >= 11 is 3.95. The van der Waals surface area contributed by atoms with E-state index in [2.05, 4.69) is 26.0 Å². The molecule has 0 saturated heterocycles. The number of ether oxygens (including phenoxy) is 1. The van der Waals surface area contributed by atoms with Crippen molar-refractivity contribution in [3.8, 4) is 5.75 Å². The third-order valence-electron chi connectivity index (χ3n) is 6.02. The third-order valence-corrected chi connectivity index (χ3v) is 6.95. The molecular weight excluding hydrogens is 392 g/mol. The molecule has 25 heavy (non-hydrogen) atoms. The van der Waals surface area contributed by atoms with E-state index in [-0.39, 0.29) is 21.4 Å². The van der Waals surface area contributed by atoms with Crippen molar-refractivity contribution in [2.75, 3.05) is 5.32 Å². The molecule has 0 heterocycles. The van der Waals surface area contributed by atoms with Gasteiger partial charge in [-0.2, -0.15) is 8.78 Å². The van der Waals surface area contributed by atoms with Crippen LogP contribution in [0.5, 0.6) is 5.75 Å². The highest BCUT2D eigenvalue weighted by atomic mass is 79.9. The smallest absolute Gasteiger partial charge is 0.387 e. The maximum Gasteiger partial charge on any atom is 0.387 e. The number of halogens is 3. The molecule has 4 aliphatic rings. The van der Waals surface area contributed by atoms with Gasteiger partial charge in [-0.05, 0) is 67.9 Å². The Kier molecular flexibility index (Phi) is 4.29. The molecule has 6 heteroatoms. The highest BCUT2D eigenvalue weighted by Crippen LogP contribution is 2.65. The molecule has 4 bridgehead atoms. The monoisotopic (exact) mass is 413 g/mol. The van der Waals surface area contributed by atoms with Crippen LogP contribution in [0.25, 0.3) is 0 Å².